The minimum absolute atomic E-state index is 0.210. The molecule has 1 heteroatoms. The molecule has 1 nitrogen and oxygen atoms in total. The second-order valence-corrected chi connectivity index (χ2v) is 6.37. The molecular formula is C19H24O. The van der Waals surface area contributed by atoms with Crippen molar-refractivity contribution in [2.24, 2.45) is 0 Å². The second kappa shape index (κ2) is 5.70. The average molecular weight is 268 g/mol. The van der Waals surface area contributed by atoms with Crippen LogP contribution in [0.25, 0.3) is 0 Å². The Morgan fingerprint density at radius 2 is 1.25 bits per heavy atom. The van der Waals surface area contributed by atoms with E-state index in [1.54, 1.807) is 7.11 Å². The Bertz CT molecular complexity index is 544. The highest BCUT2D eigenvalue weighted by Crippen LogP contribution is 2.28. The van der Waals surface area contributed by atoms with E-state index in [9.17, 15) is 0 Å². The third kappa shape index (κ3) is 3.22. The largest absolute Gasteiger partial charge is 0.497 e. The van der Waals surface area contributed by atoms with E-state index < -0.39 is 0 Å². The summed E-state index contributed by atoms with van der Waals surface area (Å²) in [5.74, 6) is 1.30. The van der Waals surface area contributed by atoms with Crippen LogP contribution in [0.2, 0.25) is 0 Å². The summed E-state index contributed by atoms with van der Waals surface area (Å²) in [6, 6.07) is 17.3. The summed E-state index contributed by atoms with van der Waals surface area (Å²) < 4.78 is 5.21. The lowest BCUT2D eigenvalue weighted by Gasteiger charge is -2.20. The molecule has 0 radical (unpaired) electrons. The van der Waals surface area contributed by atoms with E-state index in [-0.39, 0.29) is 5.41 Å². The number of rotatable bonds is 3. The lowest BCUT2D eigenvalue weighted by Crippen LogP contribution is -2.11. The van der Waals surface area contributed by atoms with Crippen molar-refractivity contribution in [1.82, 2.24) is 0 Å². The predicted molar refractivity (Wildman–Crippen MR) is 85.7 cm³/mol. The summed E-state index contributed by atoms with van der Waals surface area (Å²) in [6.45, 7) is 8.98. The quantitative estimate of drug-likeness (QED) is 0.748. The van der Waals surface area contributed by atoms with Gasteiger partial charge in [-0.15, -0.1) is 0 Å². The zero-order valence-electron chi connectivity index (χ0n) is 13.1. The molecule has 2 rings (SSSR count). The van der Waals surface area contributed by atoms with Crippen LogP contribution in [0, 0.1) is 0 Å². The highest BCUT2D eigenvalue weighted by molar-refractivity contribution is 5.37. The zero-order valence-corrected chi connectivity index (χ0v) is 13.1. The topological polar surface area (TPSA) is 9.23 Å². The number of benzene rings is 2. The summed E-state index contributed by atoms with van der Waals surface area (Å²) in [5.41, 5.74) is 4.25. The van der Waals surface area contributed by atoms with Crippen LogP contribution in [0.1, 0.15) is 50.3 Å². The van der Waals surface area contributed by atoms with Crippen LogP contribution < -0.4 is 4.74 Å². The minimum Gasteiger partial charge on any atom is -0.497 e. The van der Waals surface area contributed by atoms with Crippen LogP contribution in [0.15, 0.2) is 48.5 Å². The SMILES string of the molecule is COc1ccc([C@@H](C)c2ccc(C(C)(C)C)cc2)cc1. The molecule has 0 aliphatic rings. The monoisotopic (exact) mass is 268 g/mol. The van der Waals surface area contributed by atoms with E-state index in [1.807, 2.05) is 12.1 Å². The molecule has 0 bridgehead atoms. The Hall–Kier alpha value is -1.76. The van der Waals surface area contributed by atoms with E-state index in [4.69, 9.17) is 4.74 Å². The van der Waals surface area contributed by atoms with Gasteiger partial charge in [-0.05, 0) is 34.2 Å². The average Bonchev–Trinajstić information content (AvgIpc) is 2.46. The first kappa shape index (κ1) is 14.6. The fourth-order valence-corrected chi connectivity index (χ4v) is 2.36. The molecule has 2 aromatic carbocycles. The van der Waals surface area contributed by atoms with E-state index in [0.717, 1.165) is 5.75 Å². The van der Waals surface area contributed by atoms with Crippen molar-refractivity contribution in [2.45, 2.75) is 39.0 Å². The number of hydrogen-bond acceptors (Lipinski definition) is 1. The van der Waals surface area contributed by atoms with Crippen LogP contribution in [0.4, 0.5) is 0 Å². The molecule has 20 heavy (non-hydrogen) atoms. The molecule has 1 atom stereocenters. The zero-order chi connectivity index (χ0) is 14.8. The van der Waals surface area contributed by atoms with Crippen molar-refractivity contribution >= 4 is 0 Å². The maximum absolute atomic E-state index is 5.21. The number of hydrogen-bond donors (Lipinski definition) is 0. The Morgan fingerprint density at radius 1 is 0.800 bits per heavy atom. The van der Waals surface area contributed by atoms with Crippen LogP contribution >= 0.6 is 0 Å². The lowest BCUT2D eigenvalue weighted by atomic mass is 9.85. The van der Waals surface area contributed by atoms with Gasteiger partial charge in [0.25, 0.3) is 0 Å². The van der Waals surface area contributed by atoms with Crippen LogP contribution in [0.5, 0.6) is 5.75 Å². The molecule has 0 aliphatic heterocycles. The fourth-order valence-electron chi connectivity index (χ4n) is 2.36. The van der Waals surface area contributed by atoms with Crippen molar-refractivity contribution in [3.05, 3.63) is 65.2 Å². The fraction of sp³-hybridized carbons (Fsp3) is 0.368. The van der Waals surface area contributed by atoms with E-state index in [0.29, 0.717) is 5.92 Å². The van der Waals surface area contributed by atoms with Gasteiger partial charge >= 0.3 is 0 Å². The van der Waals surface area contributed by atoms with Crippen molar-refractivity contribution in [1.29, 1.82) is 0 Å². The van der Waals surface area contributed by atoms with Gasteiger partial charge in [0, 0.05) is 5.92 Å². The normalized spacial score (nSPS) is 13.1. The molecule has 0 spiro atoms. The predicted octanol–water partition coefficient (Wildman–Crippen LogP) is 5.14. The molecule has 0 unspecified atom stereocenters. The third-order valence-electron chi connectivity index (χ3n) is 3.89. The maximum Gasteiger partial charge on any atom is 0.118 e. The van der Waals surface area contributed by atoms with Gasteiger partial charge in [-0.25, -0.2) is 0 Å². The molecule has 0 fully saturated rings. The first-order valence-corrected chi connectivity index (χ1v) is 7.16. The van der Waals surface area contributed by atoms with Crippen LogP contribution in [-0.4, -0.2) is 7.11 Å². The lowest BCUT2D eigenvalue weighted by molar-refractivity contribution is 0.414. The maximum atomic E-state index is 5.21. The van der Waals surface area contributed by atoms with Gasteiger partial charge in [0.05, 0.1) is 7.11 Å². The Labute approximate surface area is 122 Å². The van der Waals surface area contributed by atoms with Gasteiger partial charge in [-0.1, -0.05) is 64.1 Å². The van der Waals surface area contributed by atoms with Crippen molar-refractivity contribution in [3.63, 3.8) is 0 Å². The summed E-state index contributed by atoms with van der Waals surface area (Å²) in [6.07, 6.45) is 0. The molecule has 0 amide bonds. The molecule has 2 aromatic rings. The van der Waals surface area contributed by atoms with Gasteiger partial charge in [-0.2, -0.15) is 0 Å². The van der Waals surface area contributed by atoms with Crippen molar-refractivity contribution in [2.75, 3.05) is 7.11 Å². The molecule has 0 saturated heterocycles. The van der Waals surface area contributed by atoms with Gasteiger partial charge in [0.15, 0.2) is 0 Å². The van der Waals surface area contributed by atoms with E-state index in [2.05, 4.69) is 64.1 Å². The molecule has 0 aliphatic carbocycles. The summed E-state index contributed by atoms with van der Waals surface area (Å²) in [7, 11) is 1.70. The van der Waals surface area contributed by atoms with Crippen molar-refractivity contribution in [3.8, 4) is 5.75 Å². The Balaban J connectivity index is 2.22. The van der Waals surface area contributed by atoms with Gasteiger partial charge in [-0.3, -0.25) is 0 Å². The number of methoxy groups -OCH3 is 1. The van der Waals surface area contributed by atoms with E-state index >= 15 is 0 Å². The molecule has 0 N–H and O–H groups in total. The number of ether oxygens (including phenoxy) is 1. The molecular weight excluding hydrogens is 244 g/mol. The smallest absolute Gasteiger partial charge is 0.118 e. The highest BCUT2D eigenvalue weighted by atomic mass is 16.5. The highest BCUT2D eigenvalue weighted by Gasteiger charge is 2.14. The Kier molecular flexibility index (Phi) is 4.17. The Morgan fingerprint density at radius 3 is 1.65 bits per heavy atom. The standard InChI is InChI=1S/C19H24O/c1-14(16-8-12-18(20-5)13-9-16)15-6-10-17(11-7-15)19(2,3)4/h6-14H,1-5H3/t14-/m0/s1. The summed E-state index contributed by atoms with van der Waals surface area (Å²) >= 11 is 0. The molecule has 0 aromatic heterocycles. The minimum atomic E-state index is 0.210. The summed E-state index contributed by atoms with van der Waals surface area (Å²) in [5, 5.41) is 0. The van der Waals surface area contributed by atoms with Gasteiger partial charge < -0.3 is 4.74 Å². The first-order valence-electron chi connectivity index (χ1n) is 7.16. The molecule has 106 valence electrons. The first-order chi connectivity index (χ1) is 9.41. The van der Waals surface area contributed by atoms with Crippen LogP contribution in [0.3, 0.4) is 0 Å². The third-order valence-corrected chi connectivity index (χ3v) is 3.89. The summed E-state index contributed by atoms with van der Waals surface area (Å²) in [4.78, 5) is 0. The van der Waals surface area contributed by atoms with Crippen molar-refractivity contribution < 1.29 is 4.74 Å². The second-order valence-electron chi connectivity index (χ2n) is 6.37. The van der Waals surface area contributed by atoms with Gasteiger partial charge in [0.2, 0.25) is 0 Å². The van der Waals surface area contributed by atoms with Gasteiger partial charge in [0.1, 0.15) is 5.75 Å². The van der Waals surface area contributed by atoms with Crippen LogP contribution in [-0.2, 0) is 5.41 Å². The van der Waals surface area contributed by atoms with E-state index in [1.165, 1.54) is 16.7 Å². The molecule has 0 saturated carbocycles. The molecule has 0 heterocycles.